The average molecular weight is 407 g/mol. The van der Waals surface area contributed by atoms with Gasteiger partial charge in [-0.05, 0) is 40.2 Å². The second-order valence-corrected chi connectivity index (χ2v) is 6.08. The average Bonchev–Trinajstić information content (AvgIpc) is 2.52. The van der Waals surface area contributed by atoms with Crippen LogP contribution in [0.2, 0.25) is 0 Å². The fourth-order valence-electron chi connectivity index (χ4n) is 1.62. The number of halogens is 4. The minimum absolute atomic E-state index is 0.0694. The number of aromatic nitrogens is 2. The molecule has 122 valence electrons. The number of thioether (sulfide) groups is 1. The van der Waals surface area contributed by atoms with Gasteiger partial charge in [-0.25, -0.2) is 9.97 Å². The summed E-state index contributed by atoms with van der Waals surface area (Å²) in [5.74, 6) is 0.259. The Kier molecular flexibility index (Phi) is 5.64. The number of hydrogen-bond acceptors (Lipinski definition) is 5. The topological polar surface area (TPSA) is 52.1 Å². The van der Waals surface area contributed by atoms with Crippen LogP contribution in [-0.2, 0) is 6.18 Å². The molecule has 0 aliphatic rings. The quantitative estimate of drug-likeness (QED) is 0.422. The smallest absolute Gasteiger partial charge is 0.433 e. The predicted molar refractivity (Wildman–Crippen MR) is 82.8 cm³/mol. The molecule has 0 spiro atoms. The van der Waals surface area contributed by atoms with Crippen LogP contribution in [0.25, 0.3) is 0 Å². The molecule has 9 heteroatoms. The molecule has 2 rings (SSSR count). The molecule has 4 nitrogen and oxygen atoms in total. The van der Waals surface area contributed by atoms with Crippen molar-refractivity contribution in [2.24, 2.45) is 0 Å². The number of ketones is 1. The summed E-state index contributed by atoms with van der Waals surface area (Å²) in [6.07, 6.45) is -3.52. The van der Waals surface area contributed by atoms with E-state index < -0.39 is 11.9 Å². The van der Waals surface area contributed by atoms with Gasteiger partial charge >= 0.3 is 6.18 Å². The first-order valence-electron chi connectivity index (χ1n) is 6.21. The zero-order valence-electron chi connectivity index (χ0n) is 11.7. The lowest BCUT2D eigenvalue weighted by Gasteiger charge is -2.07. The molecule has 0 radical (unpaired) electrons. The Balaban J connectivity index is 2.06. The second kappa shape index (κ2) is 7.31. The first kappa shape index (κ1) is 17.7. The number of hydrogen-bond donors (Lipinski definition) is 0. The van der Waals surface area contributed by atoms with E-state index in [1.54, 1.807) is 18.2 Å². The molecular formula is C14H10BrF3N2O2S. The van der Waals surface area contributed by atoms with E-state index in [2.05, 4.69) is 25.9 Å². The van der Waals surface area contributed by atoms with Crippen molar-refractivity contribution in [1.29, 1.82) is 0 Å². The molecule has 0 unspecified atom stereocenters. The number of carbonyl (C=O) groups is 1. The summed E-state index contributed by atoms with van der Waals surface area (Å²) in [4.78, 5) is 19.2. The lowest BCUT2D eigenvalue weighted by molar-refractivity contribution is -0.141. The third-order valence-corrected chi connectivity index (χ3v) is 4.21. The van der Waals surface area contributed by atoms with Crippen LogP contribution in [0.5, 0.6) is 5.75 Å². The van der Waals surface area contributed by atoms with Crippen LogP contribution in [0, 0.1) is 0 Å². The summed E-state index contributed by atoms with van der Waals surface area (Å²) in [5.41, 5.74) is -0.619. The van der Waals surface area contributed by atoms with Crippen molar-refractivity contribution in [3.63, 3.8) is 0 Å². The highest BCUT2D eigenvalue weighted by molar-refractivity contribution is 9.10. The molecule has 23 heavy (non-hydrogen) atoms. The summed E-state index contributed by atoms with van der Waals surface area (Å²) in [5, 5.41) is -0.0965. The van der Waals surface area contributed by atoms with Crippen molar-refractivity contribution in [2.45, 2.75) is 11.3 Å². The molecule has 1 aromatic carbocycles. The Morgan fingerprint density at radius 2 is 2.09 bits per heavy atom. The Bertz CT molecular complexity index is 725. The minimum atomic E-state index is -4.54. The summed E-state index contributed by atoms with van der Waals surface area (Å²) in [6, 6.07) is 5.59. The van der Waals surface area contributed by atoms with Crippen molar-refractivity contribution in [1.82, 2.24) is 9.97 Å². The number of methoxy groups -OCH3 is 1. The number of benzene rings is 1. The van der Waals surface area contributed by atoms with Gasteiger partial charge in [0.05, 0.1) is 17.3 Å². The molecular weight excluding hydrogens is 397 g/mol. The third kappa shape index (κ3) is 4.68. The summed E-state index contributed by atoms with van der Waals surface area (Å²) < 4.78 is 43.4. The van der Waals surface area contributed by atoms with Crippen LogP contribution in [0.4, 0.5) is 13.2 Å². The Morgan fingerprint density at radius 1 is 1.35 bits per heavy atom. The summed E-state index contributed by atoms with van der Waals surface area (Å²) in [7, 11) is 1.50. The molecule has 0 aliphatic carbocycles. The Labute approximate surface area is 142 Å². The van der Waals surface area contributed by atoms with Gasteiger partial charge in [0.1, 0.15) is 11.4 Å². The molecule has 0 saturated heterocycles. The molecule has 0 N–H and O–H groups in total. The van der Waals surface area contributed by atoms with Gasteiger partial charge in [0.25, 0.3) is 0 Å². The van der Waals surface area contributed by atoms with E-state index >= 15 is 0 Å². The summed E-state index contributed by atoms with van der Waals surface area (Å²) >= 11 is 4.12. The molecule has 0 amide bonds. The molecule has 0 atom stereocenters. The van der Waals surface area contributed by atoms with Crippen LogP contribution < -0.4 is 4.74 Å². The number of Topliss-reactive ketones (excluding diaryl/α,β-unsaturated/α-hetero) is 1. The predicted octanol–water partition coefficient (Wildman–Crippen LogP) is 4.24. The van der Waals surface area contributed by atoms with Gasteiger partial charge in [-0.15, -0.1) is 0 Å². The van der Waals surface area contributed by atoms with Crippen LogP contribution in [0.3, 0.4) is 0 Å². The first-order chi connectivity index (χ1) is 10.8. The zero-order chi connectivity index (χ0) is 17.0. The maximum absolute atomic E-state index is 12.6. The van der Waals surface area contributed by atoms with E-state index in [-0.39, 0.29) is 16.7 Å². The molecule has 0 saturated carbocycles. The highest BCUT2D eigenvalue weighted by Crippen LogP contribution is 2.29. The highest BCUT2D eigenvalue weighted by atomic mass is 79.9. The summed E-state index contributed by atoms with van der Waals surface area (Å²) in [6.45, 7) is 0. The van der Waals surface area contributed by atoms with Crippen LogP contribution >= 0.6 is 27.7 Å². The van der Waals surface area contributed by atoms with Gasteiger partial charge in [0.2, 0.25) is 0 Å². The molecule has 0 aliphatic heterocycles. The lowest BCUT2D eigenvalue weighted by atomic mass is 10.1. The SMILES string of the molecule is COc1ccc(C(=O)CSc2nccc(C(F)(F)F)n2)cc1Br. The molecule has 2 aromatic rings. The number of carbonyl (C=O) groups excluding carboxylic acids is 1. The third-order valence-electron chi connectivity index (χ3n) is 2.73. The van der Waals surface area contributed by atoms with Crippen molar-refractivity contribution in [2.75, 3.05) is 12.9 Å². The van der Waals surface area contributed by atoms with Crippen LogP contribution in [0.1, 0.15) is 16.1 Å². The second-order valence-electron chi connectivity index (χ2n) is 4.28. The molecule has 1 aromatic heterocycles. The van der Waals surface area contributed by atoms with E-state index in [0.717, 1.165) is 24.0 Å². The van der Waals surface area contributed by atoms with Crippen molar-refractivity contribution >= 4 is 33.5 Å². The standard InChI is InChI=1S/C14H10BrF3N2O2S/c1-22-11-3-2-8(6-9(11)15)10(21)7-23-13-19-5-4-12(20-13)14(16,17)18/h2-6H,7H2,1H3. The monoisotopic (exact) mass is 406 g/mol. The van der Waals surface area contributed by atoms with E-state index in [0.29, 0.717) is 15.8 Å². The van der Waals surface area contributed by atoms with E-state index in [4.69, 9.17) is 4.74 Å². The van der Waals surface area contributed by atoms with Gasteiger partial charge in [0, 0.05) is 11.8 Å². The van der Waals surface area contributed by atoms with E-state index in [1.807, 2.05) is 0 Å². The zero-order valence-corrected chi connectivity index (χ0v) is 14.1. The van der Waals surface area contributed by atoms with Crippen molar-refractivity contribution in [3.8, 4) is 5.75 Å². The van der Waals surface area contributed by atoms with Gasteiger partial charge < -0.3 is 4.74 Å². The number of alkyl halides is 3. The largest absolute Gasteiger partial charge is 0.496 e. The fraction of sp³-hybridized carbons (Fsp3) is 0.214. The number of ether oxygens (including phenoxy) is 1. The Hall–Kier alpha value is -1.61. The maximum Gasteiger partial charge on any atom is 0.433 e. The number of nitrogens with zero attached hydrogens (tertiary/aromatic N) is 2. The van der Waals surface area contributed by atoms with Gasteiger partial charge in [-0.1, -0.05) is 11.8 Å². The molecule has 1 heterocycles. The van der Waals surface area contributed by atoms with E-state index in [1.165, 1.54) is 7.11 Å². The minimum Gasteiger partial charge on any atom is -0.496 e. The van der Waals surface area contributed by atoms with E-state index in [9.17, 15) is 18.0 Å². The highest BCUT2D eigenvalue weighted by Gasteiger charge is 2.32. The number of rotatable bonds is 5. The van der Waals surface area contributed by atoms with Gasteiger partial charge in [0.15, 0.2) is 10.9 Å². The van der Waals surface area contributed by atoms with Crippen LogP contribution in [-0.4, -0.2) is 28.6 Å². The first-order valence-corrected chi connectivity index (χ1v) is 7.99. The molecule has 0 bridgehead atoms. The van der Waals surface area contributed by atoms with Crippen LogP contribution in [0.15, 0.2) is 40.1 Å². The lowest BCUT2D eigenvalue weighted by Crippen LogP contribution is -2.09. The normalized spacial score (nSPS) is 11.3. The van der Waals surface area contributed by atoms with Gasteiger partial charge in [-0.3, -0.25) is 4.79 Å². The molecule has 0 fully saturated rings. The Morgan fingerprint density at radius 3 is 2.70 bits per heavy atom. The fourth-order valence-corrected chi connectivity index (χ4v) is 2.89. The van der Waals surface area contributed by atoms with Crippen molar-refractivity contribution in [3.05, 3.63) is 46.2 Å². The maximum atomic E-state index is 12.6. The van der Waals surface area contributed by atoms with Crippen molar-refractivity contribution < 1.29 is 22.7 Å². The van der Waals surface area contributed by atoms with Gasteiger partial charge in [-0.2, -0.15) is 13.2 Å².